The molecule has 0 spiro atoms. The fraction of sp³-hybridized carbons (Fsp3) is 0.968. The number of hydrogen-bond donors (Lipinski definition) is 2. The zero-order valence-electron chi connectivity index (χ0n) is 23.7. The average Bonchev–Trinajstić information content (AvgIpc) is 3.14. The number of fused-ring (bicyclic) bond motifs is 7. The third-order valence-electron chi connectivity index (χ3n) is 14.3. The SMILES string of the molecule is COC(=O)[C@@](C)(O)[C@H]1CC[C@@]2(C)[C@H]3CC[C@@H]4[C@@]5(C)CC[C@@H](O)C(C)(C)[C@H]5CC[C@@]4(C)[C@]3(C)CC[C@@H]12. The summed E-state index contributed by atoms with van der Waals surface area (Å²) in [4.78, 5) is 12.5. The van der Waals surface area contributed by atoms with Crippen molar-refractivity contribution in [2.45, 2.75) is 124 Å². The van der Waals surface area contributed by atoms with Crippen LogP contribution in [0.1, 0.15) is 113 Å². The minimum atomic E-state index is -1.40. The molecule has 0 aliphatic heterocycles. The maximum Gasteiger partial charge on any atom is 0.337 e. The Balaban J connectivity index is 1.49. The van der Waals surface area contributed by atoms with Crippen molar-refractivity contribution in [3.63, 3.8) is 0 Å². The monoisotopic (exact) mass is 488 g/mol. The summed E-state index contributed by atoms with van der Waals surface area (Å²) in [5, 5.41) is 22.2. The van der Waals surface area contributed by atoms with Crippen molar-refractivity contribution in [3.8, 4) is 0 Å². The van der Waals surface area contributed by atoms with Crippen molar-refractivity contribution in [2.24, 2.45) is 56.7 Å². The van der Waals surface area contributed by atoms with Gasteiger partial charge in [0.2, 0.25) is 0 Å². The van der Waals surface area contributed by atoms with Crippen LogP contribution < -0.4 is 0 Å². The molecule has 0 aromatic rings. The van der Waals surface area contributed by atoms with Crippen LogP contribution in [0.25, 0.3) is 0 Å². The average molecular weight is 489 g/mol. The molecule has 5 saturated carbocycles. The Bertz CT molecular complexity index is 879. The zero-order valence-corrected chi connectivity index (χ0v) is 23.7. The molecule has 11 atom stereocenters. The fourth-order valence-electron chi connectivity index (χ4n) is 12.2. The molecular formula is C31H52O4. The van der Waals surface area contributed by atoms with E-state index in [0.717, 1.165) is 32.1 Å². The molecule has 4 heteroatoms. The Labute approximate surface area is 214 Å². The van der Waals surface area contributed by atoms with Gasteiger partial charge in [-0.3, -0.25) is 0 Å². The third-order valence-corrected chi connectivity index (χ3v) is 14.3. The highest BCUT2D eigenvalue weighted by molar-refractivity contribution is 5.79. The van der Waals surface area contributed by atoms with Crippen LogP contribution in [0.2, 0.25) is 0 Å². The second-order valence-corrected chi connectivity index (χ2v) is 15.4. The number of carbonyl (C=O) groups excluding carboxylic acids is 1. The van der Waals surface area contributed by atoms with E-state index in [4.69, 9.17) is 4.74 Å². The minimum absolute atomic E-state index is 0.00609. The van der Waals surface area contributed by atoms with Crippen molar-refractivity contribution in [2.75, 3.05) is 7.11 Å². The Hall–Kier alpha value is -0.610. The van der Waals surface area contributed by atoms with Crippen LogP contribution in [0, 0.1) is 56.7 Å². The van der Waals surface area contributed by atoms with Crippen molar-refractivity contribution >= 4 is 5.97 Å². The van der Waals surface area contributed by atoms with E-state index in [2.05, 4.69) is 41.5 Å². The summed E-state index contributed by atoms with van der Waals surface area (Å²) in [6, 6.07) is 0. The highest BCUT2D eigenvalue weighted by Crippen LogP contribution is 2.78. The van der Waals surface area contributed by atoms with Gasteiger partial charge < -0.3 is 14.9 Å². The fourth-order valence-corrected chi connectivity index (χ4v) is 12.2. The molecule has 0 heterocycles. The molecule has 2 N–H and O–H groups in total. The van der Waals surface area contributed by atoms with E-state index in [0.29, 0.717) is 34.5 Å². The first-order valence-electron chi connectivity index (χ1n) is 14.6. The molecule has 200 valence electrons. The molecular weight excluding hydrogens is 436 g/mol. The lowest BCUT2D eigenvalue weighted by Gasteiger charge is -2.73. The maximum absolute atomic E-state index is 12.5. The number of rotatable bonds is 2. The Kier molecular flexibility index (Phi) is 5.73. The molecule has 0 saturated heterocycles. The van der Waals surface area contributed by atoms with Gasteiger partial charge in [-0.25, -0.2) is 4.79 Å². The molecule has 0 amide bonds. The van der Waals surface area contributed by atoms with Gasteiger partial charge in [-0.2, -0.15) is 0 Å². The van der Waals surface area contributed by atoms with Gasteiger partial charge in [0.05, 0.1) is 13.2 Å². The summed E-state index contributed by atoms with van der Waals surface area (Å²) in [7, 11) is 1.40. The highest BCUT2D eigenvalue weighted by Gasteiger charge is 2.71. The van der Waals surface area contributed by atoms with E-state index >= 15 is 0 Å². The summed E-state index contributed by atoms with van der Waals surface area (Å²) in [6.45, 7) is 16.7. The summed E-state index contributed by atoms with van der Waals surface area (Å²) < 4.78 is 5.03. The van der Waals surface area contributed by atoms with Gasteiger partial charge in [0.1, 0.15) is 0 Å². The summed E-state index contributed by atoms with van der Waals surface area (Å²) in [5.41, 5.74) is -0.352. The lowest BCUT2D eigenvalue weighted by Crippen LogP contribution is -2.67. The maximum atomic E-state index is 12.5. The molecule has 0 aromatic carbocycles. The Morgan fingerprint density at radius 3 is 1.91 bits per heavy atom. The van der Waals surface area contributed by atoms with Crippen LogP contribution in [0.4, 0.5) is 0 Å². The van der Waals surface area contributed by atoms with Crippen LogP contribution in [-0.4, -0.2) is 35.0 Å². The molecule has 5 rings (SSSR count). The molecule has 5 aliphatic carbocycles. The van der Waals surface area contributed by atoms with E-state index < -0.39 is 11.6 Å². The number of hydrogen-bond acceptors (Lipinski definition) is 4. The van der Waals surface area contributed by atoms with E-state index in [1.165, 1.54) is 39.2 Å². The number of esters is 1. The van der Waals surface area contributed by atoms with Gasteiger partial charge in [0.15, 0.2) is 5.60 Å². The normalized spacial score (nSPS) is 54.5. The molecule has 0 aromatic heterocycles. The van der Waals surface area contributed by atoms with Crippen LogP contribution in [0.3, 0.4) is 0 Å². The molecule has 0 bridgehead atoms. The number of aliphatic hydroxyl groups is 2. The topological polar surface area (TPSA) is 66.8 Å². The summed E-state index contributed by atoms with van der Waals surface area (Å²) in [6.07, 6.45) is 11.3. The van der Waals surface area contributed by atoms with Crippen molar-refractivity contribution < 1.29 is 19.7 Å². The van der Waals surface area contributed by atoms with Crippen molar-refractivity contribution in [3.05, 3.63) is 0 Å². The summed E-state index contributed by atoms with van der Waals surface area (Å²) in [5.74, 6) is 1.83. The number of aliphatic hydroxyl groups excluding tert-OH is 1. The van der Waals surface area contributed by atoms with E-state index in [1.54, 1.807) is 6.92 Å². The van der Waals surface area contributed by atoms with Gasteiger partial charge in [-0.05, 0) is 122 Å². The van der Waals surface area contributed by atoms with Crippen LogP contribution >= 0.6 is 0 Å². The zero-order chi connectivity index (χ0) is 25.8. The van der Waals surface area contributed by atoms with Gasteiger partial charge >= 0.3 is 5.97 Å². The third kappa shape index (κ3) is 3.08. The molecule has 5 fully saturated rings. The van der Waals surface area contributed by atoms with Crippen molar-refractivity contribution in [1.82, 2.24) is 0 Å². The van der Waals surface area contributed by atoms with E-state index in [1.807, 2.05) is 0 Å². The lowest BCUT2D eigenvalue weighted by atomic mass is 9.32. The van der Waals surface area contributed by atoms with Crippen LogP contribution in [0.5, 0.6) is 0 Å². The smallest absolute Gasteiger partial charge is 0.337 e. The van der Waals surface area contributed by atoms with Crippen molar-refractivity contribution in [1.29, 1.82) is 0 Å². The van der Waals surface area contributed by atoms with Crippen LogP contribution in [0.15, 0.2) is 0 Å². The molecule has 0 unspecified atom stereocenters. The Morgan fingerprint density at radius 1 is 0.771 bits per heavy atom. The Morgan fingerprint density at radius 2 is 1.31 bits per heavy atom. The van der Waals surface area contributed by atoms with E-state index in [-0.39, 0.29) is 28.3 Å². The van der Waals surface area contributed by atoms with Crippen LogP contribution in [-0.2, 0) is 9.53 Å². The van der Waals surface area contributed by atoms with Gasteiger partial charge in [0, 0.05) is 5.92 Å². The number of carbonyl (C=O) groups is 1. The van der Waals surface area contributed by atoms with E-state index in [9.17, 15) is 15.0 Å². The first-order chi connectivity index (χ1) is 16.1. The predicted octanol–water partition coefficient (Wildman–Crippen LogP) is 6.37. The molecule has 0 radical (unpaired) electrons. The molecule has 35 heavy (non-hydrogen) atoms. The highest BCUT2D eigenvalue weighted by atomic mass is 16.5. The quantitative estimate of drug-likeness (QED) is 0.443. The van der Waals surface area contributed by atoms with Gasteiger partial charge in [-0.1, -0.05) is 41.5 Å². The predicted molar refractivity (Wildman–Crippen MR) is 138 cm³/mol. The largest absolute Gasteiger partial charge is 0.467 e. The second-order valence-electron chi connectivity index (χ2n) is 15.4. The first kappa shape index (κ1) is 26.0. The second kappa shape index (κ2) is 7.71. The number of methoxy groups -OCH3 is 1. The van der Waals surface area contributed by atoms with Gasteiger partial charge in [0.25, 0.3) is 0 Å². The lowest BCUT2D eigenvalue weighted by molar-refractivity contribution is -0.253. The number of ether oxygens (including phenoxy) is 1. The van der Waals surface area contributed by atoms with Gasteiger partial charge in [-0.15, -0.1) is 0 Å². The molecule has 4 nitrogen and oxygen atoms in total. The molecule has 5 aliphatic rings. The first-order valence-corrected chi connectivity index (χ1v) is 14.6. The minimum Gasteiger partial charge on any atom is -0.467 e. The standard InChI is InChI=1S/C31H52O4/c1-26(2)21-13-18-30(6)23(28(21,4)16-14-24(26)32)10-9-22-27(3)15-11-20(31(7,34)25(33)35-8)19(27)12-17-29(22,30)5/h19-24,32,34H,9-18H2,1-8H3/t19-,20-,21+,22+,23+,24+,27+,28-,29+,30+,31-/m0/s1. The summed E-state index contributed by atoms with van der Waals surface area (Å²) >= 11 is 0.